The van der Waals surface area contributed by atoms with E-state index in [1.807, 2.05) is 13.8 Å². The van der Waals surface area contributed by atoms with E-state index >= 15 is 0 Å². The largest absolute Gasteiger partial charge is 0.318 e. The van der Waals surface area contributed by atoms with Crippen LogP contribution in [0.5, 0.6) is 0 Å². The predicted molar refractivity (Wildman–Crippen MR) is 70.1 cm³/mol. The Balaban J connectivity index is 2.73. The first-order valence-electron chi connectivity index (χ1n) is 5.69. The molecule has 5 nitrogen and oxygen atoms in total. The fourth-order valence-corrected chi connectivity index (χ4v) is 2.18. The molecule has 0 aliphatic carbocycles. The zero-order valence-electron chi connectivity index (χ0n) is 11.1. The molecule has 1 heterocycles. The van der Waals surface area contributed by atoms with Crippen LogP contribution >= 0.6 is 0 Å². The van der Waals surface area contributed by atoms with Gasteiger partial charge in [-0.05, 0) is 30.4 Å². The van der Waals surface area contributed by atoms with Crippen molar-refractivity contribution in [1.29, 1.82) is 0 Å². The molecule has 1 aromatic rings. The summed E-state index contributed by atoms with van der Waals surface area (Å²) in [5.74, 6) is 0.0329. The highest BCUT2D eigenvalue weighted by Crippen LogP contribution is 2.12. The molecular formula is C12H19NO4S. The Morgan fingerprint density at radius 3 is 2.61 bits per heavy atom. The summed E-state index contributed by atoms with van der Waals surface area (Å²) in [7, 11) is -1.70. The summed E-state index contributed by atoms with van der Waals surface area (Å²) in [6.07, 6.45) is 3.43. The molecule has 1 atom stereocenters. The van der Waals surface area contributed by atoms with Crippen molar-refractivity contribution in [1.82, 2.24) is 4.57 Å². The highest BCUT2D eigenvalue weighted by molar-refractivity contribution is 7.85. The highest BCUT2D eigenvalue weighted by Gasteiger charge is 2.11. The molecule has 1 aromatic heterocycles. The number of aromatic nitrogens is 1. The number of rotatable bonds is 5. The maximum absolute atomic E-state index is 11.5. The maximum Gasteiger partial charge on any atom is 0.264 e. The number of aryl methyl sites for hydroxylation is 2. The van der Waals surface area contributed by atoms with Gasteiger partial charge < -0.3 is 4.57 Å². The van der Waals surface area contributed by atoms with Crippen molar-refractivity contribution >= 4 is 10.1 Å². The van der Waals surface area contributed by atoms with Gasteiger partial charge in [0, 0.05) is 19.3 Å². The molecule has 0 spiro atoms. The van der Waals surface area contributed by atoms with Gasteiger partial charge in [0.25, 0.3) is 15.7 Å². The lowest BCUT2D eigenvalue weighted by Crippen LogP contribution is -2.19. The van der Waals surface area contributed by atoms with Crippen LogP contribution in [0.1, 0.15) is 18.1 Å². The smallest absolute Gasteiger partial charge is 0.264 e. The number of hydrogen-bond acceptors (Lipinski definition) is 4. The van der Waals surface area contributed by atoms with E-state index in [0.29, 0.717) is 6.42 Å². The Labute approximate surface area is 108 Å². The summed E-state index contributed by atoms with van der Waals surface area (Å²) in [6.45, 7) is 3.95. The minimum atomic E-state index is -3.40. The standard InChI is InChI=1S/C12H19NO4S/c1-9(8-17-18(4,15)16)5-11-6-12(14)13(3)7-10(11)2/h6-7,9H,5,8H2,1-4H3/t9-/m0/s1. The Hall–Kier alpha value is -1.14. The van der Waals surface area contributed by atoms with Crippen LogP contribution in [0.3, 0.4) is 0 Å². The third kappa shape index (κ3) is 4.62. The van der Waals surface area contributed by atoms with Gasteiger partial charge in [0.2, 0.25) is 0 Å². The molecule has 0 saturated heterocycles. The Morgan fingerprint density at radius 2 is 2.06 bits per heavy atom. The van der Waals surface area contributed by atoms with E-state index in [9.17, 15) is 13.2 Å². The fourth-order valence-electron chi connectivity index (χ4n) is 1.70. The van der Waals surface area contributed by atoms with Crippen molar-refractivity contribution in [3.8, 4) is 0 Å². The second-order valence-electron chi connectivity index (χ2n) is 4.73. The molecule has 1 rings (SSSR count). The van der Waals surface area contributed by atoms with Crippen LogP contribution in [0.2, 0.25) is 0 Å². The SMILES string of the molecule is Cc1cn(C)c(=O)cc1C[C@H](C)COS(C)(=O)=O. The fraction of sp³-hybridized carbons (Fsp3) is 0.583. The second-order valence-corrected chi connectivity index (χ2v) is 6.37. The van der Waals surface area contributed by atoms with E-state index in [1.54, 1.807) is 19.3 Å². The van der Waals surface area contributed by atoms with Crippen LogP contribution in [0.25, 0.3) is 0 Å². The molecule has 0 fully saturated rings. The third-order valence-electron chi connectivity index (χ3n) is 2.67. The Bertz CT molecular complexity index is 574. The molecule has 18 heavy (non-hydrogen) atoms. The van der Waals surface area contributed by atoms with Crippen LogP contribution in [0.15, 0.2) is 17.1 Å². The molecular weight excluding hydrogens is 254 g/mol. The van der Waals surface area contributed by atoms with Crippen molar-refractivity contribution in [3.05, 3.63) is 33.7 Å². The summed E-state index contributed by atoms with van der Waals surface area (Å²) >= 11 is 0. The first-order chi connectivity index (χ1) is 8.19. The summed E-state index contributed by atoms with van der Waals surface area (Å²) in [5.41, 5.74) is 1.89. The molecule has 0 bridgehead atoms. The Kier molecular flexibility index (Phi) is 4.70. The van der Waals surface area contributed by atoms with Crippen molar-refractivity contribution in [3.63, 3.8) is 0 Å². The summed E-state index contributed by atoms with van der Waals surface area (Å²) in [6, 6.07) is 1.59. The molecule has 0 amide bonds. The van der Waals surface area contributed by atoms with Crippen molar-refractivity contribution < 1.29 is 12.6 Å². The predicted octanol–water partition coefficient (Wildman–Crippen LogP) is 0.849. The van der Waals surface area contributed by atoms with Crippen molar-refractivity contribution in [2.24, 2.45) is 13.0 Å². The van der Waals surface area contributed by atoms with Gasteiger partial charge in [-0.3, -0.25) is 8.98 Å². The molecule has 0 aromatic carbocycles. The minimum Gasteiger partial charge on any atom is -0.318 e. The zero-order chi connectivity index (χ0) is 13.9. The van der Waals surface area contributed by atoms with Crippen molar-refractivity contribution in [2.45, 2.75) is 20.3 Å². The van der Waals surface area contributed by atoms with Gasteiger partial charge in [0.1, 0.15) is 0 Å². The van der Waals surface area contributed by atoms with E-state index in [0.717, 1.165) is 17.4 Å². The molecule has 102 valence electrons. The zero-order valence-corrected chi connectivity index (χ0v) is 12.0. The van der Waals surface area contributed by atoms with E-state index < -0.39 is 10.1 Å². The van der Waals surface area contributed by atoms with Gasteiger partial charge in [0.05, 0.1) is 12.9 Å². The molecule has 0 N–H and O–H groups in total. The second kappa shape index (κ2) is 5.67. The highest BCUT2D eigenvalue weighted by atomic mass is 32.2. The molecule has 0 saturated carbocycles. The number of nitrogens with zero attached hydrogens (tertiary/aromatic N) is 1. The monoisotopic (exact) mass is 273 g/mol. The van der Waals surface area contributed by atoms with Gasteiger partial charge in [-0.25, -0.2) is 0 Å². The summed E-state index contributed by atoms with van der Waals surface area (Å²) in [4.78, 5) is 11.5. The Morgan fingerprint density at radius 1 is 1.44 bits per heavy atom. The topological polar surface area (TPSA) is 65.4 Å². The molecule has 0 unspecified atom stereocenters. The van der Waals surface area contributed by atoms with Gasteiger partial charge in [-0.15, -0.1) is 0 Å². The molecule has 0 radical (unpaired) electrons. The maximum atomic E-state index is 11.5. The lowest BCUT2D eigenvalue weighted by atomic mass is 9.99. The van der Waals surface area contributed by atoms with E-state index in [2.05, 4.69) is 0 Å². The van der Waals surface area contributed by atoms with Crippen molar-refractivity contribution in [2.75, 3.05) is 12.9 Å². The van der Waals surface area contributed by atoms with Crippen LogP contribution in [0, 0.1) is 12.8 Å². The van der Waals surface area contributed by atoms with Gasteiger partial charge in [0.15, 0.2) is 0 Å². The van der Waals surface area contributed by atoms with Crippen LogP contribution < -0.4 is 5.56 Å². The number of pyridine rings is 1. The lowest BCUT2D eigenvalue weighted by Gasteiger charge is -2.13. The van der Waals surface area contributed by atoms with Gasteiger partial charge in [-0.2, -0.15) is 8.42 Å². The molecule has 0 aliphatic heterocycles. The third-order valence-corrected chi connectivity index (χ3v) is 3.24. The molecule has 0 aliphatic rings. The normalized spacial score (nSPS) is 13.6. The molecule has 6 heteroatoms. The first-order valence-corrected chi connectivity index (χ1v) is 7.51. The average Bonchev–Trinajstić information content (AvgIpc) is 2.22. The van der Waals surface area contributed by atoms with Crippen LogP contribution in [-0.4, -0.2) is 25.8 Å². The van der Waals surface area contributed by atoms with Gasteiger partial charge >= 0.3 is 0 Å². The van der Waals surface area contributed by atoms with Gasteiger partial charge in [-0.1, -0.05) is 6.92 Å². The van der Waals surface area contributed by atoms with E-state index in [1.165, 1.54) is 4.57 Å². The van der Waals surface area contributed by atoms with E-state index in [-0.39, 0.29) is 18.1 Å². The van der Waals surface area contributed by atoms with Crippen LogP contribution in [-0.2, 0) is 27.8 Å². The average molecular weight is 273 g/mol. The lowest BCUT2D eigenvalue weighted by molar-refractivity contribution is 0.266. The van der Waals surface area contributed by atoms with E-state index in [4.69, 9.17) is 4.18 Å². The summed E-state index contributed by atoms with van der Waals surface area (Å²) in [5, 5.41) is 0. The minimum absolute atomic E-state index is 0.0329. The number of hydrogen-bond donors (Lipinski definition) is 0. The summed E-state index contributed by atoms with van der Waals surface area (Å²) < 4.78 is 28.0. The quantitative estimate of drug-likeness (QED) is 0.746. The van der Waals surface area contributed by atoms with Crippen LogP contribution in [0.4, 0.5) is 0 Å². The first kappa shape index (κ1) is 14.9.